The third-order valence-electron chi connectivity index (χ3n) is 12.9. The van der Waals surface area contributed by atoms with Gasteiger partial charge >= 0.3 is 137 Å². The molecule has 2 heterocycles. The molecule has 2 aliphatic rings. The Morgan fingerprint density at radius 1 is 0.400 bits per heavy atom. The standard InChI is InChI=1S/C19H44O5Si4.2C10H27O3Si3.C9H17ClO2Si.2C4H14O3Si3.C4H9.3Li/c1-12-13-16-25(4,5)22-27(8,9)24-28(10,11)23-26(6,7)17-14-15-21-19(20)18(2)3;2*1-8-9-10-14(2,3)12-16(6,7)13-15(4,5)11;1-8(2)9(11)12-6-5-7-13(3,4)10;2*1-9(2)5-8-6-10(3,4)7-9;1-3-4-2;;;/h2,12-17H2,1,3-11H3;2*8-10H2,1-7H3;1,5-7H2,2-4H3;2*8H2,1-4H3;1,3-4H2,2H3;;;/q;2*-1;;;;-1;3*+1. The summed E-state index contributed by atoms with van der Waals surface area (Å²) in [5.74, 6) is -0.632. The largest absolute Gasteiger partial charge is 1.00 e. The van der Waals surface area contributed by atoms with Crippen molar-refractivity contribution in [3.63, 3.8) is 0 Å². The molecular weight excluding hydrogens is 1560 g/mol. The van der Waals surface area contributed by atoms with Crippen molar-refractivity contribution in [1.29, 1.82) is 0 Å². The first-order valence-electron chi connectivity index (χ1n) is 35.4. The molecule has 2 rings (SSSR count). The minimum absolute atomic E-state index is 0. The number of ether oxygens (including phenoxy) is 2. The van der Waals surface area contributed by atoms with E-state index in [0.29, 0.717) is 24.4 Å². The van der Waals surface area contributed by atoms with E-state index in [9.17, 15) is 19.2 Å². The second-order valence-electron chi connectivity index (χ2n) is 32.7. The average molecular weight is 1710 g/mol. The van der Waals surface area contributed by atoms with Gasteiger partial charge in [0.1, 0.15) is 0 Å². The predicted molar refractivity (Wildman–Crippen MR) is 449 cm³/mol. The smallest absolute Gasteiger partial charge is 0.839 e. The summed E-state index contributed by atoms with van der Waals surface area (Å²) in [4.78, 5) is 45.8. The van der Waals surface area contributed by atoms with Gasteiger partial charge in [-0.15, -0.1) is 0 Å². The number of halogens is 1. The van der Waals surface area contributed by atoms with Crippen LogP contribution in [-0.2, 0) is 72.6 Å². The molecule has 0 aromatic rings. The summed E-state index contributed by atoms with van der Waals surface area (Å²) in [5, 5.41) is 0. The Morgan fingerprint density at radius 2 is 0.610 bits per heavy atom. The van der Waals surface area contributed by atoms with Gasteiger partial charge in [-0.25, -0.2) is 9.59 Å². The van der Waals surface area contributed by atoms with Crippen molar-refractivity contribution in [2.75, 3.05) is 13.2 Å². The summed E-state index contributed by atoms with van der Waals surface area (Å²) in [6.45, 7) is 85.6. The van der Waals surface area contributed by atoms with Gasteiger partial charge in [-0.3, -0.25) is 0 Å². The number of hydrogen-bond donors (Lipinski definition) is 0. The fourth-order valence-corrected chi connectivity index (χ4v) is 73.9. The zero-order chi connectivity index (χ0) is 77.9. The Balaban J connectivity index is -0.000000172. The maximum atomic E-state index is 11.7. The van der Waals surface area contributed by atoms with Crippen LogP contribution in [0.2, 0.25) is 227 Å². The summed E-state index contributed by atoms with van der Waals surface area (Å²) >= 11 is 6.09. The molecule has 2 aliphatic heterocycles. The fourth-order valence-electron chi connectivity index (χ4n) is 10.0. The van der Waals surface area contributed by atoms with E-state index in [2.05, 4.69) is 192 Å². The van der Waals surface area contributed by atoms with Crippen LogP contribution in [-0.4, -0.2) is 171 Å². The molecule has 0 N–H and O–H groups in total. The van der Waals surface area contributed by atoms with Crippen LogP contribution < -0.4 is 66.2 Å². The van der Waals surface area contributed by atoms with E-state index in [0.717, 1.165) is 43.4 Å². The van der Waals surface area contributed by atoms with Crippen LogP contribution in [0.4, 0.5) is 0 Å². The van der Waals surface area contributed by atoms with Crippen molar-refractivity contribution in [2.45, 2.75) is 332 Å². The molecule has 0 saturated carbocycles. The summed E-state index contributed by atoms with van der Waals surface area (Å²) in [6, 6.07) is 5.39. The van der Waals surface area contributed by atoms with E-state index < -0.39 is 146 Å². The van der Waals surface area contributed by atoms with Gasteiger partial charge in [-0.05, 0) is 214 Å². The predicted octanol–water partition coefficient (Wildman–Crippen LogP) is 8.21. The molecule has 40 heteroatoms. The molecule has 0 bridgehead atoms. The third kappa shape index (κ3) is 79.7. The van der Waals surface area contributed by atoms with Gasteiger partial charge in [0, 0.05) is 11.1 Å². The number of hydrogen-bond acceptors (Lipinski definition) is 19. The molecule has 584 valence electrons. The van der Waals surface area contributed by atoms with Crippen molar-refractivity contribution >= 4 is 169 Å². The second-order valence-corrected chi connectivity index (χ2v) is 96.2. The van der Waals surface area contributed by atoms with E-state index in [4.69, 9.17) is 74.0 Å². The normalized spacial score (nSPS) is 16.1. The molecule has 2 fully saturated rings. The second kappa shape index (κ2) is 54.3. The van der Waals surface area contributed by atoms with Crippen molar-refractivity contribution in [2.24, 2.45) is 0 Å². The summed E-state index contributed by atoms with van der Waals surface area (Å²) in [7, 11) is -31.1. The molecule has 100 heavy (non-hydrogen) atoms. The number of carbonyl (C=O) groups excluding carboxylic acids is 2. The molecule has 2 saturated heterocycles. The average Bonchev–Trinajstić information content (AvgIpc) is 0.847. The monoisotopic (exact) mass is 1710 g/mol. The summed E-state index contributed by atoms with van der Waals surface area (Å²) < 4.78 is 86.9. The van der Waals surface area contributed by atoms with Crippen molar-refractivity contribution in [3.05, 3.63) is 31.2 Å². The molecule has 0 aliphatic carbocycles. The molecule has 0 aromatic heterocycles. The molecule has 0 amide bonds. The summed E-state index contributed by atoms with van der Waals surface area (Å²) in [6.07, 6.45) is 11.2. The first kappa shape index (κ1) is 119. The van der Waals surface area contributed by atoms with Gasteiger partial charge in [0.05, 0.1) is 30.3 Å². The number of rotatable bonds is 34. The summed E-state index contributed by atoms with van der Waals surface area (Å²) in [5.41, 5.74) is 0.884. The number of esters is 2. The molecule has 0 atom stereocenters. The Hall–Kier alpha value is 3.59. The van der Waals surface area contributed by atoms with Crippen molar-refractivity contribution in [3.8, 4) is 0 Å². The van der Waals surface area contributed by atoms with Crippen LogP contribution in [0.1, 0.15) is 106 Å². The quantitative estimate of drug-likeness (QED) is 0.0148. The number of carbonyl (C=O) groups is 2. The molecule has 19 nitrogen and oxygen atoms in total. The van der Waals surface area contributed by atoms with Gasteiger partial charge in [0.25, 0.3) is 20.0 Å². The van der Waals surface area contributed by atoms with Crippen molar-refractivity contribution in [1.82, 2.24) is 0 Å². The van der Waals surface area contributed by atoms with Crippen LogP contribution in [0.25, 0.3) is 0 Å². The van der Waals surface area contributed by atoms with E-state index in [1.165, 1.54) is 51.0 Å². The van der Waals surface area contributed by atoms with Gasteiger partial charge in [-0.1, -0.05) is 125 Å². The Bertz CT molecular complexity index is 2090. The van der Waals surface area contributed by atoms with E-state index >= 15 is 0 Å². The minimum Gasteiger partial charge on any atom is -0.839 e. The molecule has 0 aromatic carbocycles. The van der Waals surface area contributed by atoms with E-state index in [1.54, 1.807) is 40.0 Å². The maximum absolute atomic E-state index is 11.7. The van der Waals surface area contributed by atoms with Crippen LogP contribution in [0.15, 0.2) is 24.3 Å². The topological polar surface area (TPSA) is 219 Å². The molecule has 0 radical (unpaired) electrons. The third-order valence-corrected chi connectivity index (χ3v) is 70.6. The first-order valence-corrected chi connectivity index (χ1v) is 82.6. The fraction of sp³-hybridized carbons (Fsp3) is 0.883. The van der Waals surface area contributed by atoms with Crippen LogP contribution in [0.5, 0.6) is 0 Å². The zero-order valence-corrected chi connectivity index (χ0v) is 90.8. The van der Waals surface area contributed by atoms with E-state index in [1.807, 2.05) is 26.2 Å². The Kier molecular flexibility index (Phi) is 64.8. The SMILES string of the molecule is C=C(C)C(=O)OCCC[Si](C)(C)Cl.C=C(C)C(=O)OCCC[Si](C)(C)O[Si](C)(C)O[Si](C)(C)O[Si](C)(C)CCCC.CCCC[Si](C)(C)O[Si](C)(C)O[Si](C)(C)[O-].CCCC[Si](C)(C)O[Si](C)(C)O[Si](C)(C)[O-].C[Si]1(C)O[SiH2]O[Si](C)(C)O1.C[Si]1(C)O[SiH2]O[Si](C)(C)O1.[CH2-]CCC.[Li+].[Li+].[Li+]. The van der Waals surface area contributed by atoms with Crippen LogP contribution in [0.3, 0.4) is 0 Å². The van der Waals surface area contributed by atoms with Gasteiger partial charge in [0.15, 0.2) is 40.7 Å². The van der Waals surface area contributed by atoms with Crippen molar-refractivity contribution < 1.29 is 139 Å². The molecule has 0 unspecified atom stereocenters. The maximum Gasteiger partial charge on any atom is 1.00 e. The van der Waals surface area contributed by atoms with Gasteiger partial charge in [0.2, 0.25) is 0 Å². The molecular formula is C60H152ClLi3O19Si17. The van der Waals surface area contributed by atoms with Crippen LogP contribution in [0, 0.1) is 6.92 Å². The van der Waals surface area contributed by atoms with Gasteiger partial charge in [-0.2, -0.15) is 17.5 Å². The number of unbranched alkanes of at least 4 members (excludes halogenated alkanes) is 4. The first-order chi connectivity index (χ1) is 43.0. The minimum atomic E-state index is -2.71. The van der Waals surface area contributed by atoms with Gasteiger partial charge < -0.3 is 79.5 Å². The zero-order valence-electron chi connectivity index (χ0n) is 72.2. The Morgan fingerprint density at radius 3 is 0.780 bits per heavy atom. The molecule has 0 spiro atoms. The Labute approximate surface area is 678 Å². The van der Waals surface area contributed by atoms with Crippen LogP contribution >= 0.6 is 11.1 Å². The van der Waals surface area contributed by atoms with E-state index in [-0.39, 0.29) is 68.5 Å².